The Morgan fingerprint density at radius 2 is 2.04 bits per heavy atom. The number of amides is 1. The SMILES string of the molecule is [2H][C@]12C[C@@]([2H])(C#N)N(C(=O)[C@@]([2H])(N)C34CC5CC(CC(O)(C5)C3)C4)[C@@]1([2H])C2. The maximum atomic E-state index is 13.5. The normalized spacial score (nSPS) is 67.3. The zero-order valence-corrected chi connectivity index (χ0v) is 13.1. The fraction of sp³-hybridized carbons (Fsp3) is 0.889. The molecule has 6 fully saturated rings. The maximum Gasteiger partial charge on any atom is 0.241 e. The quantitative estimate of drug-likeness (QED) is 0.799. The summed E-state index contributed by atoms with van der Waals surface area (Å²) in [5.74, 6) is -1.77. The smallest absolute Gasteiger partial charge is 0.241 e. The summed E-state index contributed by atoms with van der Waals surface area (Å²) in [4.78, 5) is 14.3. The molecule has 3 N–H and O–H groups in total. The zero-order valence-electron chi connectivity index (χ0n) is 17.1. The molecule has 1 amide bonds. The molecule has 6 rings (SSSR count). The van der Waals surface area contributed by atoms with Crippen molar-refractivity contribution in [1.82, 2.24) is 4.90 Å². The molecule has 0 radical (unpaired) electrons. The first-order valence-corrected chi connectivity index (χ1v) is 8.60. The first-order valence-electron chi connectivity index (χ1n) is 10.6. The topological polar surface area (TPSA) is 90.4 Å². The lowest BCUT2D eigenvalue weighted by molar-refractivity contribution is -0.177. The van der Waals surface area contributed by atoms with E-state index >= 15 is 0 Å². The number of likely N-dealkylation sites (tertiary alicyclic amines) is 1. The summed E-state index contributed by atoms with van der Waals surface area (Å²) in [7, 11) is 0. The van der Waals surface area contributed by atoms with Gasteiger partial charge in [-0.2, -0.15) is 5.26 Å². The van der Waals surface area contributed by atoms with Gasteiger partial charge in [0.1, 0.15) is 6.02 Å². The average molecular weight is 319 g/mol. The first kappa shape index (κ1) is 10.7. The molecule has 0 aromatic rings. The van der Waals surface area contributed by atoms with Gasteiger partial charge in [0.15, 0.2) is 0 Å². The predicted octanol–water partition coefficient (Wildman–Crippen LogP) is 1.16. The summed E-state index contributed by atoms with van der Waals surface area (Å²) in [5.41, 5.74) is 4.58. The van der Waals surface area contributed by atoms with Crippen molar-refractivity contribution in [3.63, 3.8) is 0 Å². The number of rotatable bonds is 2. The maximum absolute atomic E-state index is 13.5. The summed E-state index contributed by atoms with van der Waals surface area (Å²) in [6.07, 6.45) is 3.64. The van der Waals surface area contributed by atoms with E-state index in [0.717, 1.165) is 11.3 Å². The largest absolute Gasteiger partial charge is 0.390 e. The molecule has 0 aromatic carbocycles. The fourth-order valence-electron chi connectivity index (χ4n) is 6.21. The van der Waals surface area contributed by atoms with Crippen LogP contribution in [-0.4, -0.2) is 39.6 Å². The van der Waals surface area contributed by atoms with Crippen molar-refractivity contribution in [2.75, 3.05) is 0 Å². The third-order valence-corrected chi connectivity index (χ3v) is 6.75. The Bertz CT molecular complexity index is 786. The molecule has 1 heterocycles. The van der Waals surface area contributed by atoms with Gasteiger partial charge in [0.25, 0.3) is 0 Å². The molecule has 5 aliphatic carbocycles. The van der Waals surface area contributed by atoms with E-state index in [1.807, 2.05) is 0 Å². The first-order chi connectivity index (χ1) is 12.3. The Labute approximate surface area is 142 Å². The van der Waals surface area contributed by atoms with E-state index in [2.05, 4.69) is 0 Å². The Morgan fingerprint density at radius 1 is 1.35 bits per heavy atom. The second-order valence-corrected chi connectivity index (χ2v) is 8.48. The van der Waals surface area contributed by atoms with E-state index in [1.54, 1.807) is 6.07 Å². The van der Waals surface area contributed by atoms with Crippen LogP contribution in [-0.2, 0) is 4.79 Å². The molecule has 0 aromatic heterocycles. The van der Waals surface area contributed by atoms with E-state index in [-0.39, 0.29) is 31.1 Å². The standard InChI is InChI=1S/C18H25N3O2/c19-8-13-2-12-3-14(12)21(13)16(22)15(20)17-4-10-1-11(5-17)7-18(23,6-10)9-17/h10-15,23H,1-7,9,20H2/t10?,11?,12-,13+,14+,15-,17?,18?/m1/s1/i12D,13D,14D,15D. The fourth-order valence-corrected chi connectivity index (χ4v) is 6.21. The molecule has 5 heteroatoms. The lowest BCUT2D eigenvalue weighted by Gasteiger charge is -2.61. The lowest BCUT2D eigenvalue weighted by Crippen LogP contribution is -2.64. The van der Waals surface area contributed by atoms with E-state index in [4.69, 9.17) is 11.2 Å². The van der Waals surface area contributed by atoms with Crippen LogP contribution in [0.3, 0.4) is 0 Å². The molecule has 2 unspecified atom stereocenters. The number of nitrogens with zero attached hydrogens (tertiary/aromatic N) is 2. The summed E-state index contributed by atoms with van der Waals surface area (Å²) >= 11 is 0. The highest BCUT2D eigenvalue weighted by molar-refractivity contribution is 5.84. The van der Waals surface area contributed by atoms with Crippen molar-refractivity contribution in [2.24, 2.45) is 28.9 Å². The van der Waals surface area contributed by atoms with Crippen LogP contribution in [0.2, 0.25) is 0 Å². The predicted molar refractivity (Wildman–Crippen MR) is 82.8 cm³/mol. The summed E-state index contributed by atoms with van der Waals surface area (Å²) in [6.45, 7) is 0. The Kier molecular flexibility index (Phi) is 1.99. The van der Waals surface area contributed by atoms with Gasteiger partial charge < -0.3 is 15.7 Å². The number of piperidine rings is 1. The van der Waals surface area contributed by atoms with Crippen LogP contribution in [0.15, 0.2) is 0 Å². The van der Waals surface area contributed by atoms with Crippen molar-refractivity contribution >= 4 is 5.91 Å². The van der Waals surface area contributed by atoms with Crippen LogP contribution in [0.5, 0.6) is 0 Å². The van der Waals surface area contributed by atoms with E-state index in [9.17, 15) is 15.2 Å². The third kappa shape index (κ3) is 1.88. The second kappa shape index (κ2) is 4.29. The number of fused-ring (bicyclic) bond motifs is 1. The number of carbonyl (C=O) groups is 1. The molecular weight excluding hydrogens is 290 g/mol. The second-order valence-electron chi connectivity index (χ2n) is 8.48. The van der Waals surface area contributed by atoms with Crippen LogP contribution in [0.25, 0.3) is 0 Å². The summed E-state index contributed by atoms with van der Waals surface area (Å²) < 4.78 is 34.1. The van der Waals surface area contributed by atoms with Gasteiger partial charge in [-0.3, -0.25) is 4.79 Å². The van der Waals surface area contributed by atoms with Crippen molar-refractivity contribution in [3.8, 4) is 6.07 Å². The number of nitriles is 1. The minimum Gasteiger partial charge on any atom is -0.390 e. The van der Waals surface area contributed by atoms with Crippen LogP contribution in [0.4, 0.5) is 0 Å². The van der Waals surface area contributed by atoms with Gasteiger partial charge >= 0.3 is 0 Å². The van der Waals surface area contributed by atoms with Gasteiger partial charge in [-0.15, -0.1) is 0 Å². The molecule has 5 nitrogen and oxygen atoms in total. The highest BCUT2D eigenvalue weighted by Crippen LogP contribution is 2.63. The number of carbonyl (C=O) groups excluding carboxylic acids is 1. The van der Waals surface area contributed by atoms with Crippen molar-refractivity contribution < 1.29 is 15.4 Å². The minimum absolute atomic E-state index is 0.0757. The van der Waals surface area contributed by atoms with Crippen molar-refractivity contribution in [3.05, 3.63) is 0 Å². The molecule has 1 aliphatic heterocycles. The zero-order chi connectivity index (χ0) is 19.7. The number of aliphatic hydroxyl groups is 1. The highest BCUT2D eigenvalue weighted by Gasteiger charge is 2.62. The molecule has 0 spiro atoms. The van der Waals surface area contributed by atoms with Crippen LogP contribution >= 0.6 is 0 Å². The molecule has 5 saturated carbocycles. The van der Waals surface area contributed by atoms with Gasteiger partial charge in [0.05, 0.1) is 21.8 Å². The number of hydrogen-bond donors (Lipinski definition) is 2. The monoisotopic (exact) mass is 319 g/mol. The van der Waals surface area contributed by atoms with Crippen LogP contribution in [0, 0.1) is 34.5 Å². The molecule has 124 valence electrons. The highest BCUT2D eigenvalue weighted by atomic mass is 16.3. The van der Waals surface area contributed by atoms with E-state index in [0.29, 0.717) is 25.7 Å². The Morgan fingerprint density at radius 3 is 2.65 bits per heavy atom. The molecule has 4 bridgehead atoms. The Hall–Kier alpha value is -1.12. The molecular formula is C18H25N3O2. The molecule has 6 aliphatic rings. The van der Waals surface area contributed by atoms with E-state index in [1.165, 1.54) is 0 Å². The van der Waals surface area contributed by atoms with Crippen LogP contribution in [0.1, 0.15) is 56.8 Å². The van der Waals surface area contributed by atoms with Crippen molar-refractivity contribution in [1.29, 1.82) is 5.26 Å². The summed E-state index contributed by atoms with van der Waals surface area (Å²) in [5, 5.41) is 20.5. The Balaban J connectivity index is 1.54. The van der Waals surface area contributed by atoms with Gasteiger partial charge in [-0.05, 0) is 74.5 Å². The molecule has 23 heavy (non-hydrogen) atoms. The third-order valence-electron chi connectivity index (χ3n) is 6.75. The summed E-state index contributed by atoms with van der Waals surface area (Å²) in [6, 6.07) is -4.04. The molecule has 1 saturated heterocycles. The van der Waals surface area contributed by atoms with Gasteiger partial charge in [-0.25, -0.2) is 0 Å². The van der Waals surface area contributed by atoms with Gasteiger partial charge in [0.2, 0.25) is 5.91 Å². The minimum atomic E-state index is -2.12. The van der Waals surface area contributed by atoms with E-state index < -0.39 is 40.9 Å². The van der Waals surface area contributed by atoms with Crippen LogP contribution < -0.4 is 5.73 Å². The number of hydrogen-bond acceptors (Lipinski definition) is 4. The lowest BCUT2D eigenvalue weighted by atomic mass is 9.46. The molecule has 6 atom stereocenters. The average Bonchev–Trinajstić information content (AvgIpc) is 2.98. The van der Waals surface area contributed by atoms with Crippen molar-refractivity contribution in [2.45, 2.75) is 75.0 Å². The van der Waals surface area contributed by atoms with Gasteiger partial charge in [0, 0.05) is 7.39 Å². The number of nitrogens with two attached hydrogens (primary N) is 1. The van der Waals surface area contributed by atoms with Gasteiger partial charge in [-0.1, -0.05) is 0 Å².